The van der Waals surface area contributed by atoms with Gasteiger partial charge in [-0.3, -0.25) is 14.9 Å². The molecule has 1 N–H and O–H groups in total. The molecule has 1 heterocycles. The van der Waals surface area contributed by atoms with E-state index in [4.69, 9.17) is 0 Å². The average Bonchev–Trinajstić information content (AvgIpc) is 2.66. The van der Waals surface area contributed by atoms with Crippen molar-refractivity contribution in [1.29, 1.82) is 0 Å². The van der Waals surface area contributed by atoms with Crippen LogP contribution in [0.5, 0.6) is 0 Å². The molecule has 1 aliphatic heterocycles. The minimum atomic E-state index is -3.79. The van der Waals surface area contributed by atoms with Gasteiger partial charge in [-0.25, -0.2) is 8.42 Å². The zero-order chi connectivity index (χ0) is 20.9. The van der Waals surface area contributed by atoms with Gasteiger partial charge in [-0.2, -0.15) is 4.31 Å². The molecule has 0 bridgehead atoms. The van der Waals surface area contributed by atoms with Crippen molar-refractivity contribution in [1.82, 2.24) is 9.62 Å². The lowest BCUT2D eigenvalue weighted by Gasteiger charge is -2.29. The van der Waals surface area contributed by atoms with Crippen LogP contribution in [-0.2, 0) is 14.8 Å². The fourth-order valence-electron chi connectivity index (χ4n) is 3.25. The Morgan fingerprint density at radius 3 is 2.50 bits per heavy atom. The van der Waals surface area contributed by atoms with E-state index in [1.165, 1.54) is 16.4 Å². The van der Waals surface area contributed by atoms with Crippen molar-refractivity contribution in [3.05, 3.63) is 28.3 Å². The lowest BCUT2D eigenvalue weighted by Crippen LogP contribution is -2.38. The van der Waals surface area contributed by atoms with Gasteiger partial charge in [0.25, 0.3) is 5.69 Å². The number of hydrogen-bond donors (Lipinski definition) is 1. The maximum Gasteiger partial charge on any atom is 0.293 e. The minimum absolute atomic E-state index is 0.0404. The normalized spacial score (nSPS) is 16.0. The number of rotatable bonds is 8. The predicted molar refractivity (Wildman–Crippen MR) is 107 cm³/mol. The number of hydrogen-bond acceptors (Lipinski definition) is 6. The van der Waals surface area contributed by atoms with Gasteiger partial charge in [-0.05, 0) is 44.7 Å². The number of nitro benzene ring substituents is 1. The van der Waals surface area contributed by atoms with Crippen molar-refractivity contribution >= 4 is 27.3 Å². The average molecular weight is 413 g/mol. The van der Waals surface area contributed by atoms with Gasteiger partial charge in [0.1, 0.15) is 5.69 Å². The fraction of sp³-hybridized carbons (Fsp3) is 0.611. The Hall–Kier alpha value is -2.20. The number of sulfonamides is 1. The summed E-state index contributed by atoms with van der Waals surface area (Å²) in [6, 6.07) is 3.90. The number of carbonyl (C=O) groups excluding carboxylic acids is 1. The van der Waals surface area contributed by atoms with E-state index >= 15 is 0 Å². The lowest BCUT2D eigenvalue weighted by atomic mass is 10.0. The second kappa shape index (κ2) is 9.33. The van der Waals surface area contributed by atoms with Crippen LogP contribution in [0.3, 0.4) is 0 Å². The molecule has 0 atom stereocenters. The molecule has 1 aromatic rings. The van der Waals surface area contributed by atoms with Crippen molar-refractivity contribution in [2.24, 2.45) is 5.92 Å². The molecule has 1 fully saturated rings. The van der Waals surface area contributed by atoms with Crippen LogP contribution in [-0.4, -0.2) is 56.3 Å². The standard InChI is InChI=1S/C18H28N4O5S/c1-4-19-18(23)13-20(5-2)16-7-6-15(12-17(16)22(24)25)28(26,27)21-10-8-14(3)9-11-21/h6-7,12,14H,4-5,8-11,13H2,1-3H3,(H,19,23). The molecule has 0 spiro atoms. The molecule has 0 aliphatic carbocycles. The van der Waals surface area contributed by atoms with Gasteiger partial charge in [0.15, 0.2) is 0 Å². The highest BCUT2D eigenvalue weighted by Crippen LogP contribution is 2.32. The van der Waals surface area contributed by atoms with Crippen LogP contribution in [0.25, 0.3) is 0 Å². The Morgan fingerprint density at radius 1 is 1.32 bits per heavy atom. The van der Waals surface area contributed by atoms with Gasteiger partial charge < -0.3 is 10.2 Å². The van der Waals surface area contributed by atoms with E-state index < -0.39 is 14.9 Å². The summed E-state index contributed by atoms with van der Waals surface area (Å²) in [6.07, 6.45) is 1.55. The zero-order valence-electron chi connectivity index (χ0n) is 16.6. The predicted octanol–water partition coefficient (Wildman–Crippen LogP) is 1.98. The molecule has 28 heavy (non-hydrogen) atoms. The summed E-state index contributed by atoms with van der Waals surface area (Å²) < 4.78 is 27.2. The molecule has 2 rings (SSSR count). The third-order valence-corrected chi connectivity index (χ3v) is 6.85. The summed E-state index contributed by atoms with van der Waals surface area (Å²) in [5, 5.41) is 14.3. The van der Waals surface area contributed by atoms with Crippen LogP contribution in [0, 0.1) is 16.0 Å². The quantitative estimate of drug-likeness (QED) is 0.516. The molecular formula is C18H28N4O5S. The molecule has 1 amide bonds. The van der Waals surface area contributed by atoms with E-state index in [1.54, 1.807) is 18.7 Å². The molecule has 1 saturated heterocycles. The van der Waals surface area contributed by atoms with Gasteiger partial charge in [-0.15, -0.1) is 0 Å². The summed E-state index contributed by atoms with van der Waals surface area (Å²) in [5.41, 5.74) is -0.0948. The zero-order valence-corrected chi connectivity index (χ0v) is 17.4. The first-order valence-electron chi connectivity index (χ1n) is 9.50. The van der Waals surface area contributed by atoms with E-state index in [2.05, 4.69) is 12.2 Å². The summed E-state index contributed by atoms with van der Waals surface area (Å²) >= 11 is 0. The number of amides is 1. The summed E-state index contributed by atoms with van der Waals surface area (Å²) in [4.78, 5) is 24.4. The SMILES string of the molecule is CCNC(=O)CN(CC)c1ccc(S(=O)(=O)N2CCC(C)CC2)cc1[N+](=O)[O-]. The molecule has 0 aromatic heterocycles. The van der Waals surface area contributed by atoms with Gasteiger partial charge in [-0.1, -0.05) is 6.92 Å². The monoisotopic (exact) mass is 412 g/mol. The molecule has 0 radical (unpaired) electrons. The van der Waals surface area contributed by atoms with Gasteiger partial charge in [0.2, 0.25) is 15.9 Å². The van der Waals surface area contributed by atoms with E-state index in [1.807, 2.05) is 0 Å². The topological polar surface area (TPSA) is 113 Å². The number of anilines is 1. The Bertz CT molecular complexity index is 819. The largest absolute Gasteiger partial charge is 0.357 e. The third-order valence-electron chi connectivity index (χ3n) is 4.95. The highest BCUT2D eigenvalue weighted by Gasteiger charge is 2.31. The number of nitrogens with one attached hydrogen (secondary N) is 1. The smallest absolute Gasteiger partial charge is 0.293 e. The van der Waals surface area contributed by atoms with Crippen LogP contribution in [0.2, 0.25) is 0 Å². The highest BCUT2D eigenvalue weighted by molar-refractivity contribution is 7.89. The molecule has 1 aliphatic rings. The lowest BCUT2D eigenvalue weighted by molar-refractivity contribution is -0.384. The Morgan fingerprint density at radius 2 is 1.96 bits per heavy atom. The van der Waals surface area contributed by atoms with E-state index in [0.717, 1.165) is 18.9 Å². The second-order valence-corrected chi connectivity index (χ2v) is 8.90. The van der Waals surface area contributed by atoms with E-state index in [0.29, 0.717) is 32.1 Å². The van der Waals surface area contributed by atoms with Crippen molar-refractivity contribution in [3.63, 3.8) is 0 Å². The van der Waals surface area contributed by atoms with Crippen molar-refractivity contribution in [2.45, 2.75) is 38.5 Å². The Kier molecular flexibility index (Phi) is 7.36. The molecule has 0 saturated carbocycles. The Balaban J connectivity index is 2.36. The first kappa shape index (κ1) is 22.1. The molecule has 156 valence electrons. The van der Waals surface area contributed by atoms with Crippen LogP contribution in [0.1, 0.15) is 33.6 Å². The maximum absolute atomic E-state index is 12.9. The summed E-state index contributed by atoms with van der Waals surface area (Å²) in [6.45, 7) is 7.27. The van der Waals surface area contributed by atoms with Gasteiger partial charge in [0, 0.05) is 32.2 Å². The number of likely N-dealkylation sites (N-methyl/N-ethyl adjacent to an activating group) is 2. The highest BCUT2D eigenvalue weighted by atomic mass is 32.2. The number of piperidine rings is 1. The van der Waals surface area contributed by atoms with Gasteiger partial charge in [0.05, 0.1) is 16.4 Å². The summed E-state index contributed by atoms with van der Waals surface area (Å²) in [7, 11) is -3.79. The van der Waals surface area contributed by atoms with Crippen LogP contribution >= 0.6 is 0 Å². The van der Waals surface area contributed by atoms with Crippen molar-refractivity contribution in [3.8, 4) is 0 Å². The Labute approximate surface area is 165 Å². The van der Waals surface area contributed by atoms with E-state index in [-0.39, 0.29) is 28.7 Å². The van der Waals surface area contributed by atoms with Crippen LogP contribution in [0.15, 0.2) is 23.1 Å². The molecular weight excluding hydrogens is 384 g/mol. The summed E-state index contributed by atoms with van der Waals surface area (Å²) in [5.74, 6) is 0.216. The van der Waals surface area contributed by atoms with Crippen molar-refractivity contribution in [2.75, 3.05) is 37.6 Å². The van der Waals surface area contributed by atoms with Crippen molar-refractivity contribution < 1.29 is 18.1 Å². The first-order valence-corrected chi connectivity index (χ1v) is 10.9. The second-order valence-electron chi connectivity index (χ2n) is 6.96. The maximum atomic E-state index is 12.9. The van der Waals surface area contributed by atoms with Crippen LogP contribution < -0.4 is 10.2 Å². The first-order chi connectivity index (χ1) is 13.2. The molecule has 0 unspecified atom stereocenters. The fourth-order valence-corrected chi connectivity index (χ4v) is 4.74. The third kappa shape index (κ3) is 4.99. The number of nitrogens with zero attached hydrogens (tertiary/aromatic N) is 3. The number of benzene rings is 1. The number of carbonyl (C=O) groups is 1. The van der Waals surface area contributed by atoms with Gasteiger partial charge >= 0.3 is 0 Å². The molecule has 9 nitrogen and oxygen atoms in total. The van der Waals surface area contributed by atoms with E-state index in [9.17, 15) is 23.3 Å². The minimum Gasteiger partial charge on any atom is -0.357 e. The van der Waals surface area contributed by atoms with Crippen LogP contribution in [0.4, 0.5) is 11.4 Å². The number of nitro groups is 1. The molecule has 1 aromatic carbocycles. The molecule has 10 heteroatoms.